The highest BCUT2D eigenvalue weighted by Gasteiger charge is 2.33. The number of carbonyl (C=O) groups is 1. The van der Waals surface area contributed by atoms with Gasteiger partial charge in [-0.25, -0.2) is 8.42 Å². The number of amides is 1. The van der Waals surface area contributed by atoms with E-state index in [1.807, 2.05) is 0 Å². The minimum absolute atomic E-state index is 0.104. The van der Waals surface area contributed by atoms with Gasteiger partial charge in [-0.15, -0.1) is 0 Å². The smallest absolute Gasteiger partial charge is 0.232 e. The second-order valence-electron chi connectivity index (χ2n) is 4.60. The Labute approximate surface area is 130 Å². The summed E-state index contributed by atoms with van der Waals surface area (Å²) in [6.45, 7) is 0.351. The predicted molar refractivity (Wildman–Crippen MR) is 80.8 cm³/mol. The average molecular weight is 383 g/mol. The van der Waals surface area contributed by atoms with E-state index in [2.05, 4.69) is 15.9 Å². The first-order chi connectivity index (χ1) is 9.30. The van der Waals surface area contributed by atoms with Crippen molar-refractivity contribution < 1.29 is 17.9 Å². The lowest BCUT2D eigenvalue weighted by Gasteiger charge is -2.17. The Morgan fingerprint density at radius 1 is 1.50 bits per heavy atom. The summed E-state index contributed by atoms with van der Waals surface area (Å²) >= 11 is 3.36. The van der Waals surface area contributed by atoms with Crippen LogP contribution in [-0.4, -0.2) is 33.7 Å². The minimum atomic E-state index is -3.59. The van der Waals surface area contributed by atoms with Crippen molar-refractivity contribution in [3.63, 3.8) is 0 Å². The van der Waals surface area contributed by atoms with Crippen LogP contribution in [0.1, 0.15) is 6.42 Å². The van der Waals surface area contributed by atoms with E-state index in [0.717, 1.165) is 4.47 Å². The van der Waals surface area contributed by atoms with Crippen molar-refractivity contribution in [2.24, 2.45) is 5.92 Å². The van der Waals surface area contributed by atoms with Crippen LogP contribution in [0.25, 0.3) is 0 Å². The summed E-state index contributed by atoms with van der Waals surface area (Å²) in [6.07, 6.45) is 0.190. The number of hydrogen-bond acceptors (Lipinski definition) is 4. The highest BCUT2D eigenvalue weighted by molar-refractivity contribution is 9.10. The van der Waals surface area contributed by atoms with E-state index in [1.165, 1.54) is 0 Å². The highest BCUT2D eigenvalue weighted by atomic mass is 79.9. The van der Waals surface area contributed by atoms with E-state index >= 15 is 0 Å². The van der Waals surface area contributed by atoms with Crippen LogP contribution in [0.3, 0.4) is 0 Å². The number of methoxy groups -OCH3 is 1. The number of carbonyl (C=O) groups excluding carboxylic acids is 1. The van der Waals surface area contributed by atoms with Gasteiger partial charge in [-0.1, -0.05) is 0 Å². The van der Waals surface area contributed by atoms with E-state index in [1.54, 1.807) is 30.2 Å². The van der Waals surface area contributed by atoms with Gasteiger partial charge < -0.3 is 9.64 Å². The number of benzene rings is 1. The van der Waals surface area contributed by atoms with Crippen LogP contribution in [0.2, 0.25) is 0 Å². The first-order valence-corrected chi connectivity index (χ1v) is 9.13. The third-order valence-corrected chi connectivity index (χ3v) is 4.95. The van der Waals surface area contributed by atoms with E-state index in [-0.39, 0.29) is 24.0 Å². The third-order valence-electron chi connectivity index (χ3n) is 3.09. The van der Waals surface area contributed by atoms with Crippen LogP contribution in [0.4, 0.5) is 5.69 Å². The topological polar surface area (TPSA) is 63.7 Å². The summed E-state index contributed by atoms with van der Waals surface area (Å²) < 4.78 is 28.0. The second-order valence-corrected chi connectivity index (χ2v) is 8.27. The van der Waals surface area contributed by atoms with Crippen molar-refractivity contribution in [2.45, 2.75) is 6.42 Å². The molecule has 1 aliphatic heterocycles. The molecule has 1 amide bonds. The molecule has 1 atom stereocenters. The fourth-order valence-electron chi connectivity index (χ4n) is 2.25. The van der Waals surface area contributed by atoms with Gasteiger partial charge in [-0.2, -0.15) is 0 Å². The zero-order valence-corrected chi connectivity index (χ0v) is 13.8. The number of anilines is 1. The molecule has 0 aromatic heterocycles. The Balaban J connectivity index is 2.18. The molecule has 8 heteroatoms. The van der Waals surface area contributed by atoms with Crippen LogP contribution in [0, 0.1) is 5.92 Å². The van der Waals surface area contributed by atoms with Crippen LogP contribution in [0.15, 0.2) is 22.7 Å². The van der Waals surface area contributed by atoms with Crippen molar-refractivity contribution in [1.82, 2.24) is 0 Å². The molecule has 1 aromatic rings. The van der Waals surface area contributed by atoms with Crippen LogP contribution in [0.5, 0.6) is 5.75 Å². The van der Waals surface area contributed by atoms with Gasteiger partial charge in [-0.05, 0) is 34.1 Å². The van der Waals surface area contributed by atoms with E-state index < -0.39 is 9.05 Å². The van der Waals surface area contributed by atoms with Gasteiger partial charge in [0.2, 0.25) is 15.0 Å². The van der Waals surface area contributed by atoms with Crippen molar-refractivity contribution in [3.05, 3.63) is 22.7 Å². The Bertz CT molecular complexity index is 634. The van der Waals surface area contributed by atoms with Gasteiger partial charge in [0, 0.05) is 35.3 Å². The van der Waals surface area contributed by atoms with Crippen molar-refractivity contribution >= 4 is 47.3 Å². The summed E-state index contributed by atoms with van der Waals surface area (Å²) in [6, 6.07) is 5.28. The SMILES string of the molecule is COc1ccc(N2CC(CS(=O)(=O)Cl)CC2=O)cc1Br. The second kappa shape index (κ2) is 5.91. The molecule has 0 aliphatic carbocycles. The van der Waals surface area contributed by atoms with E-state index in [4.69, 9.17) is 15.4 Å². The number of hydrogen-bond donors (Lipinski definition) is 0. The van der Waals surface area contributed by atoms with Crippen LogP contribution >= 0.6 is 26.6 Å². The summed E-state index contributed by atoms with van der Waals surface area (Å²) in [5.41, 5.74) is 0.706. The Kier molecular flexibility index (Phi) is 4.61. The zero-order chi connectivity index (χ0) is 14.9. The lowest BCUT2D eigenvalue weighted by Crippen LogP contribution is -2.25. The number of nitrogens with zero attached hydrogens (tertiary/aromatic N) is 1. The van der Waals surface area contributed by atoms with Crippen molar-refractivity contribution in [2.75, 3.05) is 24.3 Å². The fraction of sp³-hybridized carbons (Fsp3) is 0.417. The fourth-order valence-corrected chi connectivity index (χ4v) is 4.10. The molecule has 1 aliphatic rings. The van der Waals surface area contributed by atoms with Crippen molar-refractivity contribution in [1.29, 1.82) is 0 Å². The Morgan fingerprint density at radius 2 is 2.20 bits per heavy atom. The molecule has 0 N–H and O–H groups in total. The third kappa shape index (κ3) is 3.65. The number of rotatable bonds is 4. The summed E-state index contributed by atoms with van der Waals surface area (Å²) in [7, 11) is 3.20. The normalized spacial score (nSPS) is 19.4. The molecule has 2 rings (SSSR count). The Morgan fingerprint density at radius 3 is 2.75 bits per heavy atom. The molecule has 1 saturated heterocycles. The molecule has 20 heavy (non-hydrogen) atoms. The van der Waals surface area contributed by atoms with Crippen LogP contribution < -0.4 is 9.64 Å². The van der Waals surface area contributed by atoms with Crippen molar-refractivity contribution in [3.8, 4) is 5.75 Å². The first kappa shape index (κ1) is 15.6. The van der Waals surface area contributed by atoms with Gasteiger partial charge in [0.05, 0.1) is 17.3 Å². The number of halogens is 2. The standard InChI is InChI=1S/C12H13BrClNO4S/c1-19-11-3-2-9(5-10(11)13)15-6-8(4-12(15)16)7-20(14,17)18/h2-3,5,8H,4,6-7H2,1H3. The molecule has 5 nitrogen and oxygen atoms in total. The molecule has 0 radical (unpaired) electrons. The van der Waals surface area contributed by atoms with Gasteiger partial charge in [-0.3, -0.25) is 4.79 Å². The summed E-state index contributed by atoms with van der Waals surface area (Å²) in [4.78, 5) is 13.5. The minimum Gasteiger partial charge on any atom is -0.496 e. The Hall–Kier alpha value is -0.790. The lowest BCUT2D eigenvalue weighted by molar-refractivity contribution is -0.117. The first-order valence-electron chi connectivity index (χ1n) is 5.86. The maximum Gasteiger partial charge on any atom is 0.232 e. The lowest BCUT2D eigenvalue weighted by atomic mass is 10.1. The molecule has 0 saturated carbocycles. The van der Waals surface area contributed by atoms with E-state index in [0.29, 0.717) is 18.0 Å². The molecule has 1 aromatic carbocycles. The maximum atomic E-state index is 12.0. The molecule has 110 valence electrons. The largest absolute Gasteiger partial charge is 0.496 e. The average Bonchev–Trinajstić information content (AvgIpc) is 2.67. The summed E-state index contributed by atoms with van der Waals surface area (Å²) in [5, 5.41) is 0. The van der Waals surface area contributed by atoms with Gasteiger partial charge in [0.25, 0.3) is 0 Å². The number of ether oxygens (including phenoxy) is 1. The van der Waals surface area contributed by atoms with E-state index in [9.17, 15) is 13.2 Å². The molecule has 1 heterocycles. The molecule has 0 bridgehead atoms. The molecule has 1 fully saturated rings. The van der Waals surface area contributed by atoms with Gasteiger partial charge >= 0.3 is 0 Å². The zero-order valence-electron chi connectivity index (χ0n) is 10.7. The van der Waals surface area contributed by atoms with Crippen LogP contribution in [-0.2, 0) is 13.8 Å². The quantitative estimate of drug-likeness (QED) is 0.750. The maximum absolute atomic E-state index is 12.0. The monoisotopic (exact) mass is 381 g/mol. The van der Waals surface area contributed by atoms with Gasteiger partial charge in [0.1, 0.15) is 5.75 Å². The molecule has 0 spiro atoms. The molecular formula is C12H13BrClNO4S. The van der Waals surface area contributed by atoms with Gasteiger partial charge in [0.15, 0.2) is 0 Å². The summed E-state index contributed by atoms with van der Waals surface area (Å²) in [5.74, 6) is 0.104. The highest BCUT2D eigenvalue weighted by Crippen LogP contribution is 2.32. The predicted octanol–water partition coefficient (Wildman–Crippen LogP) is 2.38. The molecule has 1 unspecified atom stereocenters. The molecular weight excluding hydrogens is 370 g/mol.